The van der Waals surface area contributed by atoms with Gasteiger partial charge in [-0.25, -0.2) is 21.6 Å². The number of piperidine rings is 1. The van der Waals surface area contributed by atoms with Crippen LogP contribution in [0.1, 0.15) is 12.8 Å². The van der Waals surface area contributed by atoms with Crippen LogP contribution < -0.4 is 5.32 Å². The quantitative estimate of drug-likeness (QED) is 0.839. The molecule has 1 aliphatic heterocycles. The van der Waals surface area contributed by atoms with Gasteiger partial charge in [0.15, 0.2) is 17.5 Å². The molecule has 1 unspecified atom stereocenters. The molecule has 1 aromatic rings. The zero-order chi connectivity index (χ0) is 15.6. The van der Waals surface area contributed by atoms with E-state index >= 15 is 0 Å². The number of benzene rings is 1. The normalized spacial score (nSPS) is 19.7. The van der Waals surface area contributed by atoms with E-state index < -0.39 is 32.4 Å². The zero-order valence-corrected chi connectivity index (χ0v) is 13.6. The van der Waals surface area contributed by atoms with Gasteiger partial charge < -0.3 is 5.32 Å². The summed E-state index contributed by atoms with van der Waals surface area (Å²) in [5.41, 5.74) is 0. The maximum absolute atomic E-state index is 13.7. The highest BCUT2D eigenvalue weighted by atomic mass is 35.5. The van der Waals surface area contributed by atoms with Gasteiger partial charge >= 0.3 is 0 Å². The molecular weight excluding hydrogens is 341 g/mol. The molecule has 1 N–H and O–H groups in total. The number of nitrogens with zero attached hydrogens (tertiary/aromatic N) is 1. The lowest BCUT2D eigenvalue weighted by molar-refractivity contribution is 0.262. The van der Waals surface area contributed by atoms with E-state index in [1.807, 2.05) is 0 Å². The average molecular weight is 359 g/mol. The molecule has 0 aliphatic carbocycles. The van der Waals surface area contributed by atoms with E-state index in [-0.39, 0.29) is 31.4 Å². The van der Waals surface area contributed by atoms with Crippen LogP contribution in [-0.4, -0.2) is 39.4 Å². The van der Waals surface area contributed by atoms with Crippen LogP contribution in [-0.2, 0) is 10.0 Å². The Kier molecular flexibility index (Phi) is 6.66. The first kappa shape index (κ1) is 19.2. The SMILES string of the molecule is CNCC1CCCN(S(=O)(=O)c2ccc(F)c(F)c2F)C1.Cl. The van der Waals surface area contributed by atoms with Crippen molar-refractivity contribution in [1.82, 2.24) is 9.62 Å². The monoisotopic (exact) mass is 358 g/mol. The molecule has 1 heterocycles. The van der Waals surface area contributed by atoms with Crippen LogP contribution in [0, 0.1) is 23.4 Å². The van der Waals surface area contributed by atoms with Crippen LogP contribution in [0.5, 0.6) is 0 Å². The maximum atomic E-state index is 13.7. The molecule has 0 aromatic heterocycles. The highest BCUT2D eigenvalue weighted by Crippen LogP contribution is 2.26. The molecule has 0 radical (unpaired) electrons. The Morgan fingerprint density at radius 1 is 1.27 bits per heavy atom. The Morgan fingerprint density at radius 3 is 2.59 bits per heavy atom. The van der Waals surface area contributed by atoms with Gasteiger partial charge in [-0.05, 0) is 44.5 Å². The summed E-state index contributed by atoms with van der Waals surface area (Å²) in [7, 11) is -2.39. The van der Waals surface area contributed by atoms with Gasteiger partial charge in [-0.3, -0.25) is 0 Å². The summed E-state index contributed by atoms with van der Waals surface area (Å²) in [5, 5.41) is 2.97. The lowest BCUT2D eigenvalue weighted by atomic mass is 10.00. The first-order chi connectivity index (χ1) is 9.87. The molecule has 126 valence electrons. The molecule has 0 saturated carbocycles. The average Bonchev–Trinajstić information content (AvgIpc) is 2.45. The van der Waals surface area contributed by atoms with Crippen molar-refractivity contribution in [3.05, 3.63) is 29.6 Å². The largest absolute Gasteiger partial charge is 0.319 e. The minimum Gasteiger partial charge on any atom is -0.319 e. The maximum Gasteiger partial charge on any atom is 0.246 e. The standard InChI is InChI=1S/C13H17F3N2O2S.ClH/c1-17-7-9-3-2-6-18(8-9)21(19,20)11-5-4-10(14)12(15)13(11)16;/h4-5,9,17H,2-3,6-8H2,1H3;1H. The second kappa shape index (κ2) is 7.63. The van der Waals surface area contributed by atoms with Gasteiger partial charge in [0.1, 0.15) is 4.90 Å². The molecule has 22 heavy (non-hydrogen) atoms. The van der Waals surface area contributed by atoms with E-state index in [1.165, 1.54) is 0 Å². The third-order valence-electron chi connectivity index (χ3n) is 3.59. The molecule has 0 bridgehead atoms. The molecule has 2 rings (SSSR count). The second-order valence-electron chi connectivity index (χ2n) is 5.10. The zero-order valence-electron chi connectivity index (χ0n) is 12.0. The van der Waals surface area contributed by atoms with Crippen molar-refractivity contribution >= 4 is 22.4 Å². The highest BCUT2D eigenvalue weighted by molar-refractivity contribution is 7.89. The Balaban J connectivity index is 0.00000242. The summed E-state index contributed by atoms with van der Waals surface area (Å²) >= 11 is 0. The van der Waals surface area contributed by atoms with Gasteiger partial charge in [-0.2, -0.15) is 4.31 Å². The van der Waals surface area contributed by atoms with Gasteiger partial charge in [0, 0.05) is 13.1 Å². The molecule has 1 fully saturated rings. The lowest BCUT2D eigenvalue weighted by Gasteiger charge is -2.31. The Bertz CT molecular complexity index is 626. The molecule has 1 saturated heterocycles. The second-order valence-corrected chi connectivity index (χ2v) is 7.01. The predicted octanol–water partition coefficient (Wildman–Crippen LogP) is 2.15. The van der Waals surface area contributed by atoms with E-state index in [1.54, 1.807) is 7.05 Å². The van der Waals surface area contributed by atoms with Crippen molar-refractivity contribution in [2.75, 3.05) is 26.7 Å². The molecular formula is C13H18ClF3N2O2S. The van der Waals surface area contributed by atoms with Crippen LogP contribution in [0.3, 0.4) is 0 Å². The fraction of sp³-hybridized carbons (Fsp3) is 0.538. The Morgan fingerprint density at radius 2 is 1.95 bits per heavy atom. The van der Waals surface area contributed by atoms with E-state index in [0.717, 1.165) is 16.8 Å². The molecule has 9 heteroatoms. The summed E-state index contributed by atoms with van der Waals surface area (Å²) in [6, 6.07) is 1.39. The highest BCUT2D eigenvalue weighted by Gasteiger charge is 2.33. The van der Waals surface area contributed by atoms with Crippen molar-refractivity contribution in [2.45, 2.75) is 17.7 Å². The van der Waals surface area contributed by atoms with Crippen LogP contribution in [0.25, 0.3) is 0 Å². The number of nitrogens with one attached hydrogen (secondary N) is 1. The predicted molar refractivity (Wildman–Crippen MR) is 79.0 cm³/mol. The smallest absolute Gasteiger partial charge is 0.246 e. The van der Waals surface area contributed by atoms with Gasteiger partial charge in [0.05, 0.1) is 0 Å². The molecule has 1 aliphatic rings. The minimum atomic E-state index is -4.16. The first-order valence-electron chi connectivity index (χ1n) is 6.66. The molecule has 4 nitrogen and oxygen atoms in total. The van der Waals surface area contributed by atoms with Crippen molar-refractivity contribution in [3.8, 4) is 0 Å². The van der Waals surface area contributed by atoms with Crippen LogP contribution in [0.4, 0.5) is 13.2 Å². The van der Waals surface area contributed by atoms with Crippen molar-refractivity contribution in [3.63, 3.8) is 0 Å². The third-order valence-corrected chi connectivity index (χ3v) is 5.47. The summed E-state index contributed by atoms with van der Waals surface area (Å²) in [5.74, 6) is -4.71. The number of halogens is 4. The molecule has 0 spiro atoms. The third kappa shape index (κ3) is 3.73. The van der Waals surface area contributed by atoms with Crippen LogP contribution >= 0.6 is 12.4 Å². The van der Waals surface area contributed by atoms with Crippen LogP contribution in [0.2, 0.25) is 0 Å². The summed E-state index contributed by atoms with van der Waals surface area (Å²) in [4.78, 5) is -0.813. The van der Waals surface area contributed by atoms with Crippen molar-refractivity contribution in [2.24, 2.45) is 5.92 Å². The van der Waals surface area contributed by atoms with E-state index in [9.17, 15) is 21.6 Å². The van der Waals surface area contributed by atoms with E-state index in [0.29, 0.717) is 19.0 Å². The molecule has 1 aromatic carbocycles. The summed E-state index contributed by atoms with van der Waals surface area (Å²) in [6.45, 7) is 1.13. The van der Waals surface area contributed by atoms with Gasteiger partial charge in [0.25, 0.3) is 0 Å². The number of hydrogen-bond donors (Lipinski definition) is 1. The van der Waals surface area contributed by atoms with Crippen molar-refractivity contribution < 1.29 is 21.6 Å². The fourth-order valence-corrected chi connectivity index (χ4v) is 4.16. The number of sulfonamides is 1. The van der Waals surface area contributed by atoms with E-state index in [4.69, 9.17) is 0 Å². The minimum absolute atomic E-state index is 0. The molecule has 0 amide bonds. The first-order valence-corrected chi connectivity index (χ1v) is 8.10. The summed E-state index contributed by atoms with van der Waals surface area (Å²) in [6.07, 6.45) is 1.52. The Labute approximate surface area is 134 Å². The number of rotatable bonds is 4. The van der Waals surface area contributed by atoms with E-state index in [2.05, 4.69) is 5.32 Å². The van der Waals surface area contributed by atoms with Crippen LogP contribution in [0.15, 0.2) is 17.0 Å². The topological polar surface area (TPSA) is 49.4 Å². The number of hydrogen-bond acceptors (Lipinski definition) is 3. The lowest BCUT2D eigenvalue weighted by Crippen LogP contribution is -2.42. The Hall–Kier alpha value is -0.830. The van der Waals surface area contributed by atoms with Gasteiger partial charge in [-0.15, -0.1) is 12.4 Å². The summed E-state index contributed by atoms with van der Waals surface area (Å²) < 4.78 is 65.8. The fourth-order valence-electron chi connectivity index (χ4n) is 2.55. The van der Waals surface area contributed by atoms with Gasteiger partial charge in [0.2, 0.25) is 10.0 Å². The van der Waals surface area contributed by atoms with Crippen molar-refractivity contribution in [1.29, 1.82) is 0 Å². The van der Waals surface area contributed by atoms with Gasteiger partial charge in [-0.1, -0.05) is 0 Å². The molecule has 1 atom stereocenters.